The largest absolute Gasteiger partial charge is 0.489 e. The second-order valence-electron chi connectivity index (χ2n) is 9.03. The molecule has 2 aromatic carbocycles. The lowest BCUT2D eigenvalue weighted by atomic mass is 10.1. The molecule has 12 heteroatoms. The Morgan fingerprint density at radius 1 is 1.24 bits per heavy atom. The van der Waals surface area contributed by atoms with Crippen LogP contribution in [0.25, 0.3) is 16.6 Å². The van der Waals surface area contributed by atoms with Gasteiger partial charge in [0.15, 0.2) is 5.75 Å². The van der Waals surface area contributed by atoms with Crippen molar-refractivity contribution in [3.63, 3.8) is 0 Å². The Kier molecular flexibility index (Phi) is 7.45. The highest BCUT2D eigenvalue weighted by Crippen LogP contribution is 2.33. The highest BCUT2D eigenvalue weighted by atomic mass is 35.5. The van der Waals surface area contributed by atoms with E-state index in [1.54, 1.807) is 18.3 Å². The van der Waals surface area contributed by atoms with Crippen molar-refractivity contribution in [1.82, 2.24) is 19.4 Å². The van der Waals surface area contributed by atoms with E-state index >= 15 is 0 Å². The van der Waals surface area contributed by atoms with E-state index < -0.39 is 10.0 Å². The molecular formula is C26H24Cl2N6O3S. The van der Waals surface area contributed by atoms with E-state index in [1.807, 2.05) is 16.8 Å². The number of hydrogen-bond acceptors (Lipinski definition) is 7. The number of nitrogens with one attached hydrogen (secondary N) is 1. The summed E-state index contributed by atoms with van der Waals surface area (Å²) in [4.78, 5) is 10.8. The van der Waals surface area contributed by atoms with Crippen LogP contribution in [0.5, 0.6) is 5.75 Å². The molecule has 0 bridgehead atoms. The van der Waals surface area contributed by atoms with E-state index in [0.717, 1.165) is 59.2 Å². The Labute approximate surface area is 230 Å². The number of aromatic nitrogens is 3. The fourth-order valence-corrected chi connectivity index (χ4v) is 5.34. The van der Waals surface area contributed by atoms with Gasteiger partial charge in [0, 0.05) is 43.1 Å². The van der Waals surface area contributed by atoms with Crippen molar-refractivity contribution in [2.45, 2.75) is 19.5 Å². The molecule has 38 heavy (non-hydrogen) atoms. The number of fused-ring (bicyclic) bond motifs is 2. The van der Waals surface area contributed by atoms with Gasteiger partial charge >= 0.3 is 0 Å². The number of sulfonamides is 1. The van der Waals surface area contributed by atoms with E-state index in [4.69, 9.17) is 27.9 Å². The molecule has 1 N–H and O–H groups in total. The van der Waals surface area contributed by atoms with E-state index in [9.17, 15) is 13.7 Å². The predicted molar refractivity (Wildman–Crippen MR) is 148 cm³/mol. The minimum atomic E-state index is -3.44. The van der Waals surface area contributed by atoms with Crippen molar-refractivity contribution in [1.29, 1.82) is 5.26 Å². The smallest absolute Gasteiger partial charge is 0.236 e. The number of alkyl halides is 1. The van der Waals surface area contributed by atoms with E-state index in [2.05, 4.69) is 43.9 Å². The zero-order valence-corrected chi connectivity index (χ0v) is 22.8. The maximum atomic E-state index is 11.5. The summed E-state index contributed by atoms with van der Waals surface area (Å²) >= 11 is 12.2. The van der Waals surface area contributed by atoms with Gasteiger partial charge in [0.2, 0.25) is 16.0 Å². The molecule has 0 radical (unpaired) electrons. The average molecular weight is 571 g/mol. The maximum absolute atomic E-state index is 11.5. The molecule has 2 aromatic heterocycles. The van der Waals surface area contributed by atoms with Crippen LogP contribution in [0, 0.1) is 11.3 Å². The van der Waals surface area contributed by atoms with Crippen LogP contribution in [0.4, 0.5) is 5.95 Å². The summed E-state index contributed by atoms with van der Waals surface area (Å²) < 4.78 is 33.0. The van der Waals surface area contributed by atoms with Crippen molar-refractivity contribution in [2.75, 3.05) is 30.0 Å². The molecule has 0 amide bonds. The minimum Gasteiger partial charge on any atom is -0.489 e. The molecule has 3 heterocycles. The second kappa shape index (κ2) is 10.8. The van der Waals surface area contributed by atoms with Gasteiger partial charge in [-0.15, -0.1) is 11.6 Å². The predicted octanol–water partition coefficient (Wildman–Crippen LogP) is 4.49. The summed E-state index contributed by atoms with van der Waals surface area (Å²) in [5, 5.41) is 11.0. The van der Waals surface area contributed by atoms with Crippen molar-refractivity contribution >= 4 is 50.1 Å². The molecule has 0 fully saturated rings. The molecule has 9 nitrogen and oxygen atoms in total. The Bertz CT molecular complexity index is 1670. The van der Waals surface area contributed by atoms with Gasteiger partial charge in [0.05, 0.1) is 33.9 Å². The lowest BCUT2D eigenvalue weighted by molar-refractivity contribution is 0.241. The number of rotatable bonds is 8. The number of nitrogens with zero attached hydrogens (tertiary/aromatic N) is 5. The van der Waals surface area contributed by atoms with Crippen LogP contribution < -0.4 is 9.46 Å². The summed E-state index contributed by atoms with van der Waals surface area (Å²) in [5.41, 5.74) is 5.09. The first-order valence-corrected chi connectivity index (χ1v) is 14.6. The molecule has 0 unspecified atom stereocenters. The quantitative estimate of drug-likeness (QED) is 0.310. The monoisotopic (exact) mass is 570 g/mol. The van der Waals surface area contributed by atoms with Gasteiger partial charge < -0.3 is 9.30 Å². The van der Waals surface area contributed by atoms with Gasteiger partial charge in [-0.3, -0.25) is 9.62 Å². The van der Waals surface area contributed by atoms with Gasteiger partial charge in [-0.1, -0.05) is 17.7 Å². The van der Waals surface area contributed by atoms with Crippen molar-refractivity contribution < 1.29 is 13.2 Å². The van der Waals surface area contributed by atoms with E-state index in [1.165, 1.54) is 0 Å². The standard InChI is InChI=1S/C26H24Cl2N6O3S/c1-38(35,36)32-26-30-14-19-4-7-33(16-23(19)31-26)15-17-2-3-24-18(10-17)5-8-34(24)21-11-20(13-29)25(22(28)12-21)37-9-6-27/h2-3,5,8,10-12,14H,4,6-7,9,15-16H2,1H3,(H,30,31,32). The third-order valence-electron chi connectivity index (χ3n) is 6.21. The first-order chi connectivity index (χ1) is 18.2. The zero-order chi connectivity index (χ0) is 26.9. The molecule has 0 atom stereocenters. The van der Waals surface area contributed by atoms with Gasteiger partial charge in [-0.25, -0.2) is 18.4 Å². The van der Waals surface area contributed by atoms with Gasteiger partial charge in [0.25, 0.3) is 0 Å². The average Bonchev–Trinajstić information content (AvgIpc) is 3.29. The van der Waals surface area contributed by atoms with Crippen LogP contribution in [-0.4, -0.2) is 53.1 Å². The number of hydrogen-bond donors (Lipinski definition) is 1. The van der Waals surface area contributed by atoms with Crippen molar-refractivity contribution in [3.8, 4) is 17.5 Å². The third kappa shape index (κ3) is 5.71. The SMILES string of the molecule is CS(=O)(=O)Nc1ncc2c(n1)CN(Cc1ccc3c(ccn3-c3cc(Cl)c(OCCCl)c(C#N)c3)c1)CC2. The summed E-state index contributed by atoms with van der Waals surface area (Å²) in [6.45, 7) is 2.43. The number of halogens is 2. The Morgan fingerprint density at radius 3 is 2.84 bits per heavy atom. The summed E-state index contributed by atoms with van der Waals surface area (Å²) in [6, 6.07) is 14.0. The maximum Gasteiger partial charge on any atom is 0.236 e. The van der Waals surface area contributed by atoms with Crippen molar-refractivity contribution in [3.05, 3.63) is 76.2 Å². The first-order valence-electron chi connectivity index (χ1n) is 11.8. The number of nitriles is 1. The highest BCUT2D eigenvalue weighted by molar-refractivity contribution is 7.91. The summed E-state index contributed by atoms with van der Waals surface area (Å²) in [5.74, 6) is 0.728. The number of benzene rings is 2. The molecule has 196 valence electrons. The van der Waals surface area contributed by atoms with Gasteiger partial charge in [-0.2, -0.15) is 5.26 Å². The summed E-state index contributed by atoms with van der Waals surface area (Å²) in [7, 11) is -3.44. The third-order valence-corrected chi connectivity index (χ3v) is 7.20. The fourth-order valence-electron chi connectivity index (χ4n) is 4.57. The van der Waals surface area contributed by atoms with Crippen LogP contribution >= 0.6 is 23.2 Å². The lowest BCUT2D eigenvalue weighted by Crippen LogP contribution is -2.31. The van der Waals surface area contributed by atoms with Crippen LogP contribution in [0.1, 0.15) is 22.4 Å². The minimum absolute atomic E-state index is 0.0918. The molecule has 0 saturated carbocycles. The molecule has 0 spiro atoms. The first kappa shape index (κ1) is 26.3. The number of anilines is 1. The summed E-state index contributed by atoms with van der Waals surface area (Å²) in [6.07, 6.45) is 5.52. The van der Waals surface area contributed by atoms with Crippen LogP contribution in [0.2, 0.25) is 5.02 Å². The lowest BCUT2D eigenvalue weighted by Gasteiger charge is -2.28. The van der Waals surface area contributed by atoms with E-state index in [-0.39, 0.29) is 12.6 Å². The normalized spacial score (nSPS) is 13.7. The molecule has 5 rings (SSSR count). The highest BCUT2D eigenvalue weighted by Gasteiger charge is 2.20. The molecule has 1 aliphatic heterocycles. The molecule has 0 saturated heterocycles. The van der Waals surface area contributed by atoms with Crippen LogP contribution in [0.3, 0.4) is 0 Å². The Balaban J connectivity index is 1.36. The molecular weight excluding hydrogens is 547 g/mol. The van der Waals surface area contributed by atoms with E-state index in [0.29, 0.717) is 28.8 Å². The number of ether oxygens (including phenoxy) is 1. The van der Waals surface area contributed by atoms with Crippen LogP contribution in [0.15, 0.2) is 48.8 Å². The second-order valence-corrected chi connectivity index (χ2v) is 11.6. The van der Waals surface area contributed by atoms with Gasteiger partial charge in [0.1, 0.15) is 12.7 Å². The Hall–Kier alpha value is -3.36. The topological polar surface area (TPSA) is 113 Å². The molecule has 0 aliphatic carbocycles. The molecule has 1 aliphatic rings. The zero-order valence-electron chi connectivity index (χ0n) is 20.5. The Morgan fingerprint density at radius 2 is 2.08 bits per heavy atom. The van der Waals surface area contributed by atoms with Crippen LogP contribution in [-0.2, 0) is 29.5 Å². The van der Waals surface area contributed by atoms with Crippen molar-refractivity contribution in [2.24, 2.45) is 0 Å². The fraction of sp³-hybridized carbons (Fsp3) is 0.269. The molecule has 4 aromatic rings. The van der Waals surface area contributed by atoms with Gasteiger partial charge in [-0.05, 0) is 47.9 Å².